The highest BCUT2D eigenvalue weighted by molar-refractivity contribution is 7.15. The zero-order chi connectivity index (χ0) is 14.5. The molecule has 0 saturated carbocycles. The number of aromatic nitrogens is 3. The number of nitrogens with zero attached hydrogens (tertiary/aromatic N) is 3. The number of thiazole rings is 1. The van der Waals surface area contributed by atoms with Gasteiger partial charge in [-0.05, 0) is 17.7 Å². The van der Waals surface area contributed by atoms with Gasteiger partial charge in [0.2, 0.25) is 5.13 Å². The Bertz CT molecular complexity index is 679. The molecular formula is C14H13ClN4S2. The first-order valence-electron chi connectivity index (χ1n) is 6.47. The van der Waals surface area contributed by atoms with Crippen LogP contribution in [0.4, 0.5) is 5.13 Å². The Morgan fingerprint density at radius 3 is 2.76 bits per heavy atom. The van der Waals surface area contributed by atoms with E-state index in [-0.39, 0.29) is 0 Å². The van der Waals surface area contributed by atoms with Crippen LogP contribution in [0.5, 0.6) is 0 Å². The Balaban J connectivity index is 1.52. The summed E-state index contributed by atoms with van der Waals surface area (Å²) in [6, 6.07) is 7.81. The van der Waals surface area contributed by atoms with Crippen LogP contribution in [0.2, 0.25) is 5.02 Å². The lowest BCUT2D eigenvalue weighted by atomic mass is 10.2. The van der Waals surface area contributed by atoms with E-state index < -0.39 is 0 Å². The third-order valence-corrected chi connectivity index (χ3v) is 4.64. The summed E-state index contributed by atoms with van der Waals surface area (Å²) in [6.45, 7) is 0.819. The first-order chi connectivity index (χ1) is 10.3. The zero-order valence-electron chi connectivity index (χ0n) is 11.1. The lowest BCUT2D eigenvalue weighted by Gasteiger charge is -1.99. The summed E-state index contributed by atoms with van der Waals surface area (Å²) >= 11 is 9.08. The van der Waals surface area contributed by atoms with E-state index in [0.29, 0.717) is 0 Å². The number of benzene rings is 1. The highest BCUT2D eigenvalue weighted by atomic mass is 35.5. The van der Waals surface area contributed by atoms with Gasteiger partial charge in [0.15, 0.2) is 0 Å². The molecule has 3 rings (SSSR count). The van der Waals surface area contributed by atoms with Crippen LogP contribution in [0.25, 0.3) is 0 Å². The van der Waals surface area contributed by atoms with Gasteiger partial charge >= 0.3 is 0 Å². The quantitative estimate of drug-likeness (QED) is 0.742. The molecule has 4 nitrogen and oxygen atoms in total. The van der Waals surface area contributed by atoms with Crippen molar-refractivity contribution < 1.29 is 0 Å². The minimum absolute atomic E-state index is 0.750. The maximum atomic E-state index is 5.88. The first-order valence-corrected chi connectivity index (χ1v) is 8.61. The Morgan fingerprint density at radius 2 is 2.00 bits per heavy atom. The van der Waals surface area contributed by atoms with E-state index in [1.54, 1.807) is 22.7 Å². The molecule has 0 aliphatic carbocycles. The van der Waals surface area contributed by atoms with E-state index in [2.05, 4.69) is 25.9 Å². The van der Waals surface area contributed by atoms with E-state index in [0.717, 1.165) is 40.2 Å². The molecule has 0 fully saturated rings. The number of hydrogen-bond donors (Lipinski definition) is 1. The monoisotopic (exact) mass is 336 g/mol. The van der Waals surface area contributed by atoms with Gasteiger partial charge in [-0.2, -0.15) is 0 Å². The van der Waals surface area contributed by atoms with Crippen LogP contribution in [0.15, 0.2) is 35.2 Å². The molecule has 3 aromatic rings. The molecule has 2 heterocycles. The van der Waals surface area contributed by atoms with E-state index in [4.69, 9.17) is 11.6 Å². The Morgan fingerprint density at radius 1 is 1.14 bits per heavy atom. The molecule has 0 aliphatic heterocycles. The second-order valence-corrected chi connectivity index (χ2v) is 6.68. The highest BCUT2D eigenvalue weighted by Gasteiger charge is 2.05. The largest absolute Gasteiger partial charge is 0.360 e. The minimum atomic E-state index is 0.750. The third-order valence-electron chi connectivity index (χ3n) is 2.88. The minimum Gasteiger partial charge on any atom is -0.360 e. The first kappa shape index (κ1) is 14.4. The molecule has 108 valence electrons. The van der Waals surface area contributed by atoms with Crippen molar-refractivity contribution in [2.24, 2.45) is 0 Å². The molecule has 7 heteroatoms. The van der Waals surface area contributed by atoms with Crippen molar-refractivity contribution in [3.8, 4) is 0 Å². The van der Waals surface area contributed by atoms with Gasteiger partial charge in [-0.1, -0.05) is 35.1 Å². The SMILES string of the molecule is Clc1ccc(Cc2nnc(NCCc3cscn3)s2)cc1. The van der Waals surface area contributed by atoms with Crippen LogP contribution in [0, 0.1) is 0 Å². The molecule has 0 radical (unpaired) electrons. The van der Waals surface area contributed by atoms with Crippen molar-refractivity contribution in [1.82, 2.24) is 15.2 Å². The summed E-state index contributed by atoms with van der Waals surface area (Å²) in [5, 5.41) is 16.3. The average Bonchev–Trinajstić information content (AvgIpc) is 3.14. The molecule has 2 aromatic heterocycles. The van der Waals surface area contributed by atoms with Crippen molar-refractivity contribution in [2.75, 3.05) is 11.9 Å². The second-order valence-electron chi connectivity index (χ2n) is 4.46. The van der Waals surface area contributed by atoms with Gasteiger partial charge in [-0.15, -0.1) is 21.5 Å². The molecule has 0 amide bonds. The van der Waals surface area contributed by atoms with Crippen LogP contribution < -0.4 is 5.32 Å². The molecule has 1 aromatic carbocycles. The Hall–Kier alpha value is -1.50. The smallest absolute Gasteiger partial charge is 0.205 e. The molecule has 0 spiro atoms. The molecular weight excluding hydrogens is 324 g/mol. The average molecular weight is 337 g/mol. The highest BCUT2D eigenvalue weighted by Crippen LogP contribution is 2.19. The lowest BCUT2D eigenvalue weighted by molar-refractivity contribution is 0.953. The third kappa shape index (κ3) is 4.23. The predicted octanol–water partition coefficient (Wildman–Crippen LogP) is 3.89. The van der Waals surface area contributed by atoms with Gasteiger partial charge in [-0.3, -0.25) is 0 Å². The number of rotatable bonds is 6. The predicted molar refractivity (Wildman–Crippen MR) is 88.5 cm³/mol. The molecule has 1 N–H and O–H groups in total. The van der Waals surface area contributed by atoms with Gasteiger partial charge in [0, 0.05) is 29.8 Å². The van der Waals surface area contributed by atoms with Crippen LogP contribution in [-0.2, 0) is 12.8 Å². The van der Waals surface area contributed by atoms with Crippen LogP contribution in [-0.4, -0.2) is 21.7 Å². The summed E-state index contributed by atoms with van der Waals surface area (Å²) in [7, 11) is 0. The van der Waals surface area contributed by atoms with Crippen molar-refractivity contribution in [3.63, 3.8) is 0 Å². The maximum absolute atomic E-state index is 5.88. The molecule has 21 heavy (non-hydrogen) atoms. The second kappa shape index (κ2) is 6.98. The topological polar surface area (TPSA) is 50.7 Å². The van der Waals surface area contributed by atoms with Gasteiger partial charge in [-0.25, -0.2) is 4.98 Å². The van der Waals surface area contributed by atoms with Crippen LogP contribution in [0.1, 0.15) is 16.3 Å². The zero-order valence-corrected chi connectivity index (χ0v) is 13.5. The van der Waals surface area contributed by atoms with Gasteiger partial charge < -0.3 is 5.32 Å². The summed E-state index contributed by atoms with van der Waals surface area (Å²) in [5.41, 5.74) is 4.15. The van der Waals surface area contributed by atoms with E-state index in [9.17, 15) is 0 Å². The molecule has 0 saturated heterocycles. The fourth-order valence-electron chi connectivity index (χ4n) is 1.83. The normalized spacial score (nSPS) is 10.7. The van der Waals surface area contributed by atoms with Gasteiger partial charge in [0.05, 0.1) is 11.2 Å². The fraction of sp³-hybridized carbons (Fsp3) is 0.214. The fourth-order valence-corrected chi connectivity index (χ4v) is 3.35. The standard InChI is InChI=1S/C14H13ClN4S2/c15-11-3-1-10(2-4-11)7-13-18-19-14(21-13)16-6-5-12-8-20-9-17-12/h1-4,8-9H,5-7H2,(H,16,19). The molecule has 0 atom stereocenters. The number of nitrogens with one attached hydrogen (secondary N) is 1. The van der Waals surface area contributed by atoms with E-state index in [1.807, 2.05) is 29.8 Å². The van der Waals surface area contributed by atoms with E-state index >= 15 is 0 Å². The molecule has 0 bridgehead atoms. The number of halogens is 1. The number of hydrogen-bond acceptors (Lipinski definition) is 6. The number of anilines is 1. The van der Waals surface area contributed by atoms with Crippen molar-refractivity contribution in [1.29, 1.82) is 0 Å². The van der Waals surface area contributed by atoms with Crippen molar-refractivity contribution in [2.45, 2.75) is 12.8 Å². The summed E-state index contributed by atoms with van der Waals surface area (Å²) < 4.78 is 0. The Kier molecular flexibility index (Phi) is 4.80. The maximum Gasteiger partial charge on any atom is 0.205 e. The van der Waals surface area contributed by atoms with Crippen LogP contribution >= 0.6 is 34.3 Å². The van der Waals surface area contributed by atoms with Gasteiger partial charge in [0.1, 0.15) is 5.01 Å². The van der Waals surface area contributed by atoms with E-state index in [1.165, 1.54) is 5.56 Å². The summed E-state index contributed by atoms with van der Waals surface area (Å²) in [6.07, 6.45) is 1.68. The molecule has 0 aliphatic rings. The molecule has 0 unspecified atom stereocenters. The summed E-state index contributed by atoms with van der Waals surface area (Å²) in [4.78, 5) is 4.25. The summed E-state index contributed by atoms with van der Waals surface area (Å²) in [5.74, 6) is 0. The van der Waals surface area contributed by atoms with Crippen molar-refractivity contribution >= 4 is 39.4 Å². The van der Waals surface area contributed by atoms with Crippen molar-refractivity contribution in [3.05, 3.63) is 56.4 Å². The lowest BCUT2D eigenvalue weighted by Crippen LogP contribution is -2.04. The Labute approximate surface area is 135 Å². The van der Waals surface area contributed by atoms with Gasteiger partial charge in [0.25, 0.3) is 0 Å². The van der Waals surface area contributed by atoms with Crippen LogP contribution in [0.3, 0.4) is 0 Å².